The Bertz CT molecular complexity index is 930. The minimum Gasteiger partial charge on any atom is -0.504 e. The van der Waals surface area contributed by atoms with Crippen LogP contribution in [0.2, 0.25) is 0 Å². The Morgan fingerprint density at radius 1 is 1.31 bits per heavy atom. The number of rotatable bonds is 3. The van der Waals surface area contributed by atoms with Gasteiger partial charge in [0, 0.05) is 12.1 Å². The van der Waals surface area contributed by atoms with E-state index in [1.807, 2.05) is 0 Å². The quantitative estimate of drug-likeness (QED) is 0.757. The second kappa shape index (κ2) is 5.95. The van der Waals surface area contributed by atoms with Crippen molar-refractivity contribution in [2.45, 2.75) is 56.1 Å². The molecular formula is C22H28N2O5. The summed E-state index contributed by atoms with van der Waals surface area (Å²) in [5.41, 5.74) is -0.546. The van der Waals surface area contributed by atoms with E-state index in [0.29, 0.717) is 23.6 Å². The van der Waals surface area contributed by atoms with Crippen LogP contribution in [0.15, 0.2) is 17.1 Å². The van der Waals surface area contributed by atoms with E-state index in [-0.39, 0.29) is 17.2 Å². The lowest BCUT2D eigenvalue weighted by Crippen LogP contribution is -2.71. The van der Waals surface area contributed by atoms with Gasteiger partial charge in [-0.05, 0) is 62.2 Å². The highest BCUT2D eigenvalue weighted by Gasteiger charge is 2.72. The molecule has 3 fully saturated rings. The summed E-state index contributed by atoms with van der Waals surface area (Å²) in [5, 5.41) is 22.4. The molecule has 3 heterocycles. The molecule has 1 aliphatic carbocycles. The van der Waals surface area contributed by atoms with Crippen LogP contribution in [0.25, 0.3) is 0 Å². The molecule has 29 heavy (non-hydrogen) atoms. The van der Waals surface area contributed by atoms with Crippen molar-refractivity contribution in [3.8, 4) is 11.5 Å². The number of aliphatic hydroxyl groups is 1. The zero-order valence-corrected chi connectivity index (χ0v) is 17.2. The van der Waals surface area contributed by atoms with Gasteiger partial charge in [-0.25, -0.2) is 4.79 Å². The Labute approximate surface area is 170 Å². The summed E-state index contributed by atoms with van der Waals surface area (Å²) in [6.07, 6.45) is 3.94. The number of phenols is 1. The molecule has 1 spiro atoms. The van der Waals surface area contributed by atoms with Crippen molar-refractivity contribution in [1.29, 1.82) is 0 Å². The first kappa shape index (κ1) is 18.9. The lowest BCUT2D eigenvalue weighted by atomic mass is 9.49. The third-order valence-corrected chi connectivity index (χ3v) is 7.98. The third-order valence-electron chi connectivity index (χ3n) is 7.98. The highest BCUT2D eigenvalue weighted by Crippen LogP contribution is 2.65. The smallest absolute Gasteiger partial charge is 0.343 e. The van der Waals surface area contributed by atoms with E-state index in [2.05, 4.69) is 11.8 Å². The number of ether oxygens (including phenoxy) is 2. The van der Waals surface area contributed by atoms with E-state index in [0.717, 1.165) is 44.3 Å². The SMILES string of the molecule is CC[C@]12CCCN3CC[C@]4(C(=Nc5cc(OC)c(O)cc54)[C@@](O)(C(=O)OC)C1)[C@@H]32. The number of hydrogen-bond donors (Lipinski definition) is 2. The van der Waals surface area contributed by atoms with E-state index in [9.17, 15) is 15.0 Å². The number of fused-ring (bicyclic) bond motifs is 1. The molecule has 0 bridgehead atoms. The molecule has 3 aliphatic heterocycles. The maximum Gasteiger partial charge on any atom is 0.343 e. The second-order valence-corrected chi connectivity index (χ2v) is 9.01. The standard InChI is InChI=1S/C22H28N2O5/c1-4-20-6-5-8-24-9-7-21(18(20)24)13-10-15(25)16(28-2)11-14(13)23-17(21)22(27,12-20)19(26)29-3/h10-11,18,25,27H,4-9,12H2,1-3H3/t18-,20-,21-,22+/m0/s1. The molecular weight excluding hydrogens is 372 g/mol. The third kappa shape index (κ3) is 2.10. The van der Waals surface area contributed by atoms with E-state index in [1.165, 1.54) is 14.2 Å². The van der Waals surface area contributed by atoms with Gasteiger partial charge in [0.25, 0.3) is 0 Å². The van der Waals surface area contributed by atoms with Crippen LogP contribution < -0.4 is 4.74 Å². The first-order valence-electron chi connectivity index (χ1n) is 10.4. The van der Waals surface area contributed by atoms with Crippen LogP contribution in [-0.2, 0) is 14.9 Å². The number of aliphatic imine (C=N–C) groups is 1. The number of methoxy groups -OCH3 is 2. The molecule has 7 nitrogen and oxygen atoms in total. The number of carbonyl (C=O) groups is 1. The highest BCUT2D eigenvalue weighted by molar-refractivity contribution is 6.19. The van der Waals surface area contributed by atoms with E-state index in [4.69, 9.17) is 14.5 Å². The number of carbonyl (C=O) groups excluding carboxylic acids is 1. The van der Waals surface area contributed by atoms with Crippen LogP contribution >= 0.6 is 0 Å². The number of hydrogen-bond acceptors (Lipinski definition) is 7. The van der Waals surface area contributed by atoms with Crippen molar-refractivity contribution in [2.24, 2.45) is 10.4 Å². The van der Waals surface area contributed by atoms with Crippen molar-refractivity contribution < 1.29 is 24.5 Å². The van der Waals surface area contributed by atoms with Crippen molar-refractivity contribution in [3.05, 3.63) is 17.7 Å². The van der Waals surface area contributed by atoms with Gasteiger partial charge in [0.1, 0.15) is 0 Å². The van der Waals surface area contributed by atoms with E-state index >= 15 is 0 Å². The summed E-state index contributed by atoms with van der Waals surface area (Å²) < 4.78 is 10.4. The van der Waals surface area contributed by atoms with Gasteiger partial charge in [-0.1, -0.05) is 6.92 Å². The number of esters is 1. The lowest BCUT2D eigenvalue weighted by molar-refractivity contribution is -0.163. The molecule has 2 saturated heterocycles. The fourth-order valence-corrected chi connectivity index (χ4v) is 6.94. The zero-order valence-electron chi connectivity index (χ0n) is 17.2. The monoisotopic (exact) mass is 400 g/mol. The van der Waals surface area contributed by atoms with Crippen LogP contribution in [0, 0.1) is 5.41 Å². The number of phenolic OH excluding ortho intramolecular Hbond substituents is 1. The molecule has 1 saturated carbocycles. The van der Waals surface area contributed by atoms with E-state index in [1.54, 1.807) is 12.1 Å². The molecule has 7 heteroatoms. The maximum absolute atomic E-state index is 12.9. The largest absolute Gasteiger partial charge is 0.504 e. The van der Waals surface area contributed by atoms with Crippen LogP contribution in [0.4, 0.5) is 5.69 Å². The lowest BCUT2D eigenvalue weighted by Gasteiger charge is -2.59. The topological polar surface area (TPSA) is 91.6 Å². The summed E-state index contributed by atoms with van der Waals surface area (Å²) in [6.45, 7) is 4.04. The fraction of sp³-hybridized carbons (Fsp3) is 0.636. The second-order valence-electron chi connectivity index (χ2n) is 9.01. The number of benzene rings is 1. The van der Waals surface area contributed by atoms with Crippen LogP contribution in [0.5, 0.6) is 11.5 Å². The Hall–Kier alpha value is -2.12. The molecule has 0 amide bonds. The number of aromatic hydroxyl groups is 1. The van der Waals surface area contributed by atoms with Gasteiger partial charge in [-0.2, -0.15) is 0 Å². The summed E-state index contributed by atoms with van der Waals surface area (Å²) in [4.78, 5) is 20.3. The maximum atomic E-state index is 12.9. The van der Waals surface area contributed by atoms with Crippen LogP contribution in [0.1, 0.15) is 44.6 Å². The Morgan fingerprint density at radius 3 is 2.79 bits per heavy atom. The van der Waals surface area contributed by atoms with Crippen molar-refractivity contribution >= 4 is 17.4 Å². The molecule has 156 valence electrons. The molecule has 1 aromatic rings. The summed E-state index contributed by atoms with van der Waals surface area (Å²) in [5.74, 6) is -0.250. The Balaban J connectivity index is 1.81. The van der Waals surface area contributed by atoms with Crippen LogP contribution in [-0.4, -0.2) is 65.7 Å². The van der Waals surface area contributed by atoms with E-state index < -0.39 is 17.0 Å². The molecule has 0 unspecified atom stereocenters. The van der Waals surface area contributed by atoms with Gasteiger partial charge in [-0.3, -0.25) is 9.89 Å². The van der Waals surface area contributed by atoms with Gasteiger partial charge >= 0.3 is 5.97 Å². The molecule has 4 atom stereocenters. The van der Waals surface area contributed by atoms with Gasteiger partial charge in [0.15, 0.2) is 11.5 Å². The van der Waals surface area contributed by atoms with Crippen molar-refractivity contribution in [2.75, 3.05) is 27.3 Å². The van der Waals surface area contributed by atoms with Crippen LogP contribution in [0.3, 0.4) is 0 Å². The minimum atomic E-state index is -1.77. The summed E-state index contributed by atoms with van der Waals surface area (Å²) >= 11 is 0. The van der Waals surface area contributed by atoms with Crippen molar-refractivity contribution in [1.82, 2.24) is 4.90 Å². The number of nitrogens with zero attached hydrogens (tertiary/aromatic N) is 2. The first-order valence-corrected chi connectivity index (χ1v) is 10.4. The molecule has 4 aliphatic rings. The molecule has 2 N–H and O–H groups in total. The average molecular weight is 400 g/mol. The Kier molecular flexibility index (Phi) is 3.87. The Morgan fingerprint density at radius 2 is 2.10 bits per heavy atom. The summed E-state index contributed by atoms with van der Waals surface area (Å²) in [6, 6.07) is 3.58. The minimum absolute atomic E-state index is 0.0561. The predicted molar refractivity (Wildman–Crippen MR) is 107 cm³/mol. The number of piperidine rings is 1. The predicted octanol–water partition coefficient (Wildman–Crippen LogP) is 2.30. The molecule has 0 radical (unpaired) electrons. The fourth-order valence-electron chi connectivity index (χ4n) is 6.94. The molecule has 5 rings (SSSR count). The van der Waals surface area contributed by atoms with Gasteiger partial charge in [0.05, 0.1) is 31.0 Å². The van der Waals surface area contributed by atoms with Gasteiger partial charge in [-0.15, -0.1) is 0 Å². The zero-order chi connectivity index (χ0) is 20.6. The molecule has 0 aromatic heterocycles. The highest BCUT2D eigenvalue weighted by atomic mass is 16.5. The molecule has 1 aromatic carbocycles. The van der Waals surface area contributed by atoms with Gasteiger partial charge in [0.2, 0.25) is 5.60 Å². The first-order chi connectivity index (χ1) is 13.9. The van der Waals surface area contributed by atoms with Gasteiger partial charge < -0.3 is 19.7 Å². The summed E-state index contributed by atoms with van der Waals surface area (Å²) in [7, 11) is 2.82. The average Bonchev–Trinajstić information content (AvgIpc) is 3.27. The normalized spacial score (nSPS) is 37.4. The van der Waals surface area contributed by atoms with Crippen molar-refractivity contribution in [3.63, 3.8) is 0 Å².